The molecule has 0 saturated carbocycles. The third-order valence-electron chi connectivity index (χ3n) is 6.86. The lowest BCUT2D eigenvalue weighted by Gasteiger charge is -2.18. The molecule has 8 nitrogen and oxygen atoms in total. The van der Waals surface area contributed by atoms with Gasteiger partial charge in [0.05, 0.1) is 32.5 Å². The molecular formula is C28H34N6O2. The largest absolute Gasteiger partial charge is 0.493 e. The number of aryl methyl sites for hydroxylation is 1. The van der Waals surface area contributed by atoms with E-state index in [1.165, 1.54) is 31.5 Å². The first kappa shape index (κ1) is 24.1. The highest BCUT2D eigenvalue weighted by Gasteiger charge is 2.16. The molecular weight excluding hydrogens is 452 g/mol. The molecule has 2 aromatic carbocycles. The number of rotatable bonds is 9. The van der Waals surface area contributed by atoms with Gasteiger partial charge in [-0.25, -0.2) is 9.97 Å². The summed E-state index contributed by atoms with van der Waals surface area (Å²) in [4.78, 5) is 11.8. The van der Waals surface area contributed by atoms with Gasteiger partial charge in [0.1, 0.15) is 11.6 Å². The Hall–Kier alpha value is -3.65. The van der Waals surface area contributed by atoms with Crippen molar-refractivity contribution < 1.29 is 9.47 Å². The van der Waals surface area contributed by atoms with Gasteiger partial charge in [0, 0.05) is 35.8 Å². The molecule has 0 amide bonds. The molecule has 0 radical (unpaired) electrons. The number of methoxy groups -OCH3 is 2. The van der Waals surface area contributed by atoms with Crippen molar-refractivity contribution in [2.45, 2.75) is 39.3 Å². The number of ether oxygens (including phenoxy) is 2. The second kappa shape index (κ2) is 10.5. The lowest BCUT2D eigenvalue weighted by Crippen LogP contribution is -2.24. The quantitative estimate of drug-likeness (QED) is 0.353. The van der Waals surface area contributed by atoms with Crippen molar-refractivity contribution in [1.82, 2.24) is 24.6 Å². The predicted molar refractivity (Wildman–Crippen MR) is 143 cm³/mol. The molecule has 2 aromatic heterocycles. The number of nitrogens with one attached hydrogen (secondary N) is 1. The lowest BCUT2D eigenvalue weighted by molar-refractivity contribution is 0.316. The second-order valence-corrected chi connectivity index (χ2v) is 9.38. The van der Waals surface area contributed by atoms with Crippen molar-refractivity contribution >= 4 is 16.7 Å². The summed E-state index contributed by atoms with van der Waals surface area (Å²) in [6.07, 6.45) is 6.74. The zero-order chi connectivity index (χ0) is 25.1. The average Bonchev–Trinajstić information content (AvgIpc) is 3.59. The third kappa shape index (κ3) is 5.14. The summed E-state index contributed by atoms with van der Waals surface area (Å²) in [7, 11) is 3.26. The fourth-order valence-corrected chi connectivity index (χ4v) is 4.84. The molecule has 4 aromatic rings. The highest BCUT2D eigenvalue weighted by molar-refractivity contribution is 5.92. The summed E-state index contributed by atoms with van der Waals surface area (Å²) >= 11 is 0. The zero-order valence-corrected chi connectivity index (χ0v) is 21.5. The minimum atomic E-state index is 0.0285. The first-order chi connectivity index (χ1) is 17.5. The van der Waals surface area contributed by atoms with Gasteiger partial charge in [-0.1, -0.05) is 18.2 Å². The highest BCUT2D eigenvalue weighted by atomic mass is 16.5. The number of aromatic nitrogens is 4. The van der Waals surface area contributed by atoms with Crippen molar-refractivity contribution in [2.75, 3.05) is 39.2 Å². The Balaban J connectivity index is 1.35. The summed E-state index contributed by atoms with van der Waals surface area (Å²) in [5.41, 5.74) is 4.27. The minimum Gasteiger partial charge on any atom is -0.493 e. The topological polar surface area (TPSA) is 77.3 Å². The lowest BCUT2D eigenvalue weighted by atomic mass is 10.0. The minimum absolute atomic E-state index is 0.0285. The number of fused-ring (bicyclic) bond motifs is 1. The molecule has 36 heavy (non-hydrogen) atoms. The van der Waals surface area contributed by atoms with Gasteiger partial charge in [0.15, 0.2) is 11.5 Å². The van der Waals surface area contributed by atoms with E-state index in [9.17, 15) is 0 Å². The van der Waals surface area contributed by atoms with Gasteiger partial charge in [0.25, 0.3) is 0 Å². The van der Waals surface area contributed by atoms with Crippen molar-refractivity contribution in [3.63, 3.8) is 0 Å². The van der Waals surface area contributed by atoms with E-state index in [2.05, 4.69) is 62.4 Å². The van der Waals surface area contributed by atoms with Gasteiger partial charge in [-0.15, -0.1) is 0 Å². The van der Waals surface area contributed by atoms with E-state index < -0.39 is 0 Å². The maximum atomic E-state index is 5.51. The van der Waals surface area contributed by atoms with Crippen LogP contribution in [-0.4, -0.2) is 58.5 Å². The molecule has 8 heteroatoms. The molecule has 1 aliphatic rings. The van der Waals surface area contributed by atoms with Crippen molar-refractivity contribution in [1.29, 1.82) is 0 Å². The van der Waals surface area contributed by atoms with E-state index in [1.807, 2.05) is 25.3 Å². The van der Waals surface area contributed by atoms with Crippen molar-refractivity contribution in [3.05, 3.63) is 60.2 Å². The maximum absolute atomic E-state index is 5.51. The van der Waals surface area contributed by atoms with Crippen LogP contribution in [0.2, 0.25) is 0 Å². The molecule has 1 N–H and O–H groups in total. The van der Waals surface area contributed by atoms with E-state index in [0.29, 0.717) is 17.3 Å². The molecule has 0 bridgehead atoms. The van der Waals surface area contributed by atoms with Gasteiger partial charge in [-0.2, -0.15) is 5.10 Å². The Labute approximate surface area is 212 Å². The van der Waals surface area contributed by atoms with Gasteiger partial charge in [-0.3, -0.25) is 4.68 Å². The van der Waals surface area contributed by atoms with Crippen LogP contribution in [-0.2, 0) is 6.54 Å². The summed E-state index contributed by atoms with van der Waals surface area (Å²) in [5.74, 6) is 2.76. The number of hydrogen-bond donors (Lipinski definition) is 1. The van der Waals surface area contributed by atoms with Crippen LogP contribution in [0, 0.1) is 6.92 Å². The first-order valence-corrected chi connectivity index (χ1v) is 12.6. The van der Waals surface area contributed by atoms with Crippen LogP contribution in [0.5, 0.6) is 11.5 Å². The predicted octanol–water partition coefficient (Wildman–Crippen LogP) is 5.09. The van der Waals surface area contributed by atoms with Crippen LogP contribution in [0.25, 0.3) is 22.0 Å². The Morgan fingerprint density at radius 2 is 1.75 bits per heavy atom. The number of anilines is 1. The molecule has 1 fully saturated rings. The Morgan fingerprint density at radius 3 is 2.53 bits per heavy atom. The first-order valence-electron chi connectivity index (χ1n) is 12.6. The summed E-state index contributed by atoms with van der Waals surface area (Å²) in [6, 6.07) is 12.4. The van der Waals surface area contributed by atoms with Gasteiger partial charge in [-0.05, 0) is 63.0 Å². The van der Waals surface area contributed by atoms with Crippen LogP contribution in [0.3, 0.4) is 0 Å². The molecule has 0 spiro atoms. The van der Waals surface area contributed by atoms with Gasteiger partial charge in [0.2, 0.25) is 0 Å². The Bertz CT molecular complexity index is 1350. The number of hydrogen-bond acceptors (Lipinski definition) is 7. The third-order valence-corrected chi connectivity index (χ3v) is 6.86. The van der Waals surface area contributed by atoms with E-state index in [4.69, 9.17) is 14.5 Å². The van der Waals surface area contributed by atoms with Gasteiger partial charge >= 0.3 is 0 Å². The molecule has 0 unspecified atom stereocenters. The Morgan fingerprint density at radius 1 is 0.972 bits per heavy atom. The number of nitrogens with zero attached hydrogens (tertiary/aromatic N) is 5. The highest BCUT2D eigenvalue weighted by Crippen LogP contribution is 2.35. The van der Waals surface area contributed by atoms with E-state index in [0.717, 1.165) is 40.9 Å². The monoisotopic (exact) mass is 486 g/mol. The van der Waals surface area contributed by atoms with Crippen LogP contribution in [0.1, 0.15) is 37.2 Å². The SMILES string of the molecule is COc1cc2nc(C)nc(N[C@H](C)c3cccc(-c4cnn(CCN5CCCC5)c4)c3)c2cc1OC. The summed E-state index contributed by atoms with van der Waals surface area (Å²) in [5, 5.41) is 9.09. The molecule has 5 rings (SSSR count). The van der Waals surface area contributed by atoms with Crippen LogP contribution < -0.4 is 14.8 Å². The van der Waals surface area contributed by atoms with E-state index in [-0.39, 0.29) is 6.04 Å². The number of benzene rings is 2. The molecule has 1 aliphatic heterocycles. The van der Waals surface area contributed by atoms with Crippen molar-refractivity contribution in [3.8, 4) is 22.6 Å². The number of likely N-dealkylation sites (tertiary alicyclic amines) is 1. The van der Waals surface area contributed by atoms with Crippen molar-refractivity contribution in [2.24, 2.45) is 0 Å². The summed E-state index contributed by atoms with van der Waals surface area (Å²) < 4.78 is 13.0. The smallest absolute Gasteiger partial charge is 0.162 e. The fraction of sp³-hybridized carbons (Fsp3) is 0.393. The fourth-order valence-electron chi connectivity index (χ4n) is 4.84. The van der Waals surface area contributed by atoms with Crippen LogP contribution >= 0.6 is 0 Å². The molecule has 0 aliphatic carbocycles. The second-order valence-electron chi connectivity index (χ2n) is 9.38. The molecule has 188 valence electrons. The molecule has 1 atom stereocenters. The Kier molecular flexibility index (Phi) is 7.04. The maximum Gasteiger partial charge on any atom is 0.162 e. The van der Waals surface area contributed by atoms with E-state index >= 15 is 0 Å². The normalized spacial score (nSPS) is 14.8. The van der Waals surface area contributed by atoms with Crippen LogP contribution in [0.4, 0.5) is 5.82 Å². The average molecular weight is 487 g/mol. The standard InChI is InChI=1S/C28H34N6O2/c1-19(30-28-24-15-26(35-3)27(36-4)16-25(24)31-20(2)32-28)21-8-7-9-22(14-21)23-17-29-34(18-23)13-12-33-10-5-6-11-33/h7-9,14-19H,5-6,10-13H2,1-4H3,(H,30,31,32)/t19-/m1/s1. The zero-order valence-electron chi connectivity index (χ0n) is 21.5. The molecule has 3 heterocycles. The summed E-state index contributed by atoms with van der Waals surface area (Å²) in [6.45, 7) is 8.44. The van der Waals surface area contributed by atoms with Gasteiger partial charge < -0.3 is 19.7 Å². The molecule has 1 saturated heterocycles. The van der Waals surface area contributed by atoms with Crippen LogP contribution in [0.15, 0.2) is 48.8 Å². The van der Waals surface area contributed by atoms with E-state index in [1.54, 1.807) is 14.2 Å².